The third-order valence-electron chi connectivity index (χ3n) is 4.87. The van der Waals surface area contributed by atoms with E-state index in [1.807, 2.05) is 13.0 Å². The van der Waals surface area contributed by atoms with E-state index in [0.717, 1.165) is 17.7 Å². The van der Waals surface area contributed by atoms with Crippen molar-refractivity contribution >= 4 is 16.9 Å². The predicted molar refractivity (Wildman–Crippen MR) is 107 cm³/mol. The molecular weight excluding hydrogens is 427 g/mol. The van der Waals surface area contributed by atoms with Crippen LogP contribution in [0.1, 0.15) is 32.7 Å². The van der Waals surface area contributed by atoms with Gasteiger partial charge in [0.05, 0.1) is 17.5 Å². The van der Waals surface area contributed by atoms with Crippen molar-refractivity contribution in [2.45, 2.75) is 26.6 Å². The van der Waals surface area contributed by atoms with E-state index >= 15 is 0 Å². The van der Waals surface area contributed by atoms with E-state index < -0.39 is 23.3 Å². The molecule has 0 amide bonds. The summed E-state index contributed by atoms with van der Waals surface area (Å²) in [5.74, 6) is -0.578. The van der Waals surface area contributed by atoms with Crippen LogP contribution in [-0.4, -0.2) is 20.7 Å². The normalized spacial score (nSPS) is 11.7. The van der Waals surface area contributed by atoms with Crippen LogP contribution in [0.15, 0.2) is 58.0 Å². The summed E-state index contributed by atoms with van der Waals surface area (Å²) in [4.78, 5) is 28.2. The molecule has 0 saturated carbocycles. The van der Waals surface area contributed by atoms with Gasteiger partial charge in [0.15, 0.2) is 5.82 Å². The molecule has 0 bridgehead atoms. The molecule has 0 radical (unpaired) electrons. The first kappa shape index (κ1) is 21.3. The second-order valence-corrected chi connectivity index (χ2v) is 7.12. The number of halogens is 3. The van der Waals surface area contributed by atoms with Gasteiger partial charge in [0.1, 0.15) is 17.8 Å². The van der Waals surface area contributed by atoms with Crippen LogP contribution >= 0.6 is 0 Å². The van der Waals surface area contributed by atoms with Gasteiger partial charge in [-0.05, 0) is 37.6 Å². The number of benzene rings is 1. The largest absolute Gasteiger partial charge is 0.457 e. The number of alkyl halides is 3. The van der Waals surface area contributed by atoms with E-state index in [0.29, 0.717) is 28.4 Å². The Balaban J connectivity index is 1.55. The molecule has 10 heteroatoms. The maximum Gasteiger partial charge on any atom is 0.417 e. The first-order chi connectivity index (χ1) is 15.1. The zero-order valence-electron chi connectivity index (χ0n) is 16.9. The number of fused-ring (bicyclic) bond motifs is 1. The van der Waals surface area contributed by atoms with Gasteiger partial charge in [0.2, 0.25) is 0 Å². The standard InChI is InChI=1S/C22H16F3N3O4/c1-12-3-5-16-14(8-20(29)32-18(16)7-12)11-31-21(30)17-10-27-28(13(17)2)19-6-4-15(9-26-19)22(23,24)25/h3-10H,11H2,1-2H3. The summed E-state index contributed by atoms with van der Waals surface area (Å²) in [5, 5.41) is 4.68. The zero-order chi connectivity index (χ0) is 23.0. The number of ether oxygens (including phenoxy) is 1. The van der Waals surface area contributed by atoms with Crippen molar-refractivity contribution in [3.05, 3.63) is 87.2 Å². The van der Waals surface area contributed by atoms with Crippen molar-refractivity contribution in [3.8, 4) is 5.82 Å². The van der Waals surface area contributed by atoms with Crippen molar-refractivity contribution in [1.29, 1.82) is 0 Å². The second kappa shape index (κ2) is 7.95. The summed E-state index contributed by atoms with van der Waals surface area (Å²) in [6.07, 6.45) is -2.56. The lowest BCUT2D eigenvalue weighted by atomic mass is 10.1. The molecule has 0 saturated heterocycles. The molecule has 0 aliphatic heterocycles. The third kappa shape index (κ3) is 4.11. The number of nitrogens with zero attached hydrogens (tertiary/aromatic N) is 3. The summed E-state index contributed by atoms with van der Waals surface area (Å²) in [6, 6.07) is 8.64. The Morgan fingerprint density at radius 1 is 1.12 bits per heavy atom. The fourth-order valence-corrected chi connectivity index (χ4v) is 3.20. The van der Waals surface area contributed by atoms with Crippen LogP contribution in [-0.2, 0) is 17.5 Å². The summed E-state index contributed by atoms with van der Waals surface area (Å²) < 4.78 is 50.0. The second-order valence-electron chi connectivity index (χ2n) is 7.12. The van der Waals surface area contributed by atoms with Crippen LogP contribution in [0.2, 0.25) is 0 Å². The summed E-state index contributed by atoms with van der Waals surface area (Å²) >= 11 is 0. The minimum Gasteiger partial charge on any atom is -0.457 e. The van der Waals surface area contributed by atoms with Crippen molar-refractivity contribution in [2.24, 2.45) is 0 Å². The van der Waals surface area contributed by atoms with Gasteiger partial charge < -0.3 is 9.15 Å². The van der Waals surface area contributed by atoms with Gasteiger partial charge in [0.25, 0.3) is 0 Å². The molecule has 0 aliphatic rings. The van der Waals surface area contributed by atoms with Crippen LogP contribution in [0.5, 0.6) is 0 Å². The maximum absolute atomic E-state index is 12.7. The summed E-state index contributed by atoms with van der Waals surface area (Å²) in [7, 11) is 0. The van der Waals surface area contributed by atoms with Crippen LogP contribution < -0.4 is 5.63 Å². The molecule has 0 unspecified atom stereocenters. The number of esters is 1. The molecule has 0 aliphatic carbocycles. The minimum atomic E-state index is -4.50. The molecule has 0 spiro atoms. The predicted octanol–water partition coefficient (Wildman–Crippen LogP) is 4.37. The van der Waals surface area contributed by atoms with Gasteiger partial charge in [-0.3, -0.25) is 0 Å². The van der Waals surface area contributed by atoms with Crippen LogP contribution in [0.25, 0.3) is 16.8 Å². The molecule has 4 rings (SSSR count). The number of pyridine rings is 1. The highest BCUT2D eigenvalue weighted by atomic mass is 19.4. The average Bonchev–Trinajstić information content (AvgIpc) is 3.12. The monoisotopic (exact) mass is 443 g/mol. The van der Waals surface area contributed by atoms with Crippen molar-refractivity contribution in [3.63, 3.8) is 0 Å². The molecule has 32 heavy (non-hydrogen) atoms. The molecule has 3 heterocycles. The molecule has 3 aromatic heterocycles. The molecule has 0 atom stereocenters. The number of rotatable bonds is 4. The van der Waals surface area contributed by atoms with Gasteiger partial charge in [-0.15, -0.1) is 0 Å². The molecule has 1 aromatic carbocycles. The molecule has 164 valence electrons. The van der Waals surface area contributed by atoms with Crippen molar-refractivity contribution in [2.75, 3.05) is 0 Å². The average molecular weight is 443 g/mol. The molecule has 0 fully saturated rings. The number of carbonyl (C=O) groups is 1. The van der Waals surface area contributed by atoms with Crippen LogP contribution in [0, 0.1) is 13.8 Å². The number of carbonyl (C=O) groups excluding carboxylic acids is 1. The smallest absolute Gasteiger partial charge is 0.417 e. The van der Waals surface area contributed by atoms with Crippen LogP contribution in [0.3, 0.4) is 0 Å². The number of aryl methyl sites for hydroxylation is 1. The number of hydrogen-bond acceptors (Lipinski definition) is 6. The lowest BCUT2D eigenvalue weighted by molar-refractivity contribution is -0.137. The Kier molecular flexibility index (Phi) is 5.29. The highest BCUT2D eigenvalue weighted by Gasteiger charge is 2.31. The Morgan fingerprint density at radius 3 is 2.59 bits per heavy atom. The van der Waals surface area contributed by atoms with Gasteiger partial charge in [-0.2, -0.15) is 18.3 Å². The highest BCUT2D eigenvalue weighted by Crippen LogP contribution is 2.29. The lowest BCUT2D eigenvalue weighted by Gasteiger charge is -2.09. The quantitative estimate of drug-likeness (QED) is 0.344. The van der Waals surface area contributed by atoms with Gasteiger partial charge in [0, 0.05) is 23.2 Å². The number of hydrogen-bond donors (Lipinski definition) is 0. The molecule has 0 N–H and O–H groups in total. The summed E-state index contributed by atoms with van der Waals surface area (Å²) in [6.45, 7) is 3.25. The van der Waals surface area contributed by atoms with Crippen molar-refractivity contribution in [1.82, 2.24) is 14.8 Å². The molecular formula is C22H16F3N3O4. The SMILES string of the molecule is Cc1ccc2c(COC(=O)c3cnn(-c4ccc(C(F)(F)F)cn4)c3C)cc(=O)oc2c1. The van der Waals surface area contributed by atoms with E-state index in [1.54, 1.807) is 19.1 Å². The van der Waals surface area contributed by atoms with E-state index in [4.69, 9.17) is 9.15 Å². The highest BCUT2D eigenvalue weighted by molar-refractivity contribution is 5.90. The molecule has 7 nitrogen and oxygen atoms in total. The first-order valence-electron chi connectivity index (χ1n) is 9.42. The topological polar surface area (TPSA) is 87.2 Å². The van der Waals surface area contributed by atoms with Crippen molar-refractivity contribution < 1.29 is 27.1 Å². The molecule has 4 aromatic rings. The Hall–Kier alpha value is -3.95. The third-order valence-corrected chi connectivity index (χ3v) is 4.87. The minimum absolute atomic E-state index is 0.120. The van der Waals surface area contributed by atoms with E-state index in [1.165, 1.54) is 16.9 Å². The number of aromatic nitrogens is 3. The van der Waals surface area contributed by atoms with E-state index in [9.17, 15) is 22.8 Å². The Morgan fingerprint density at radius 2 is 1.91 bits per heavy atom. The lowest BCUT2D eigenvalue weighted by Crippen LogP contribution is -2.10. The Bertz CT molecular complexity index is 1370. The van der Waals surface area contributed by atoms with E-state index in [2.05, 4.69) is 10.1 Å². The Labute approximate surface area is 179 Å². The fraction of sp³-hybridized carbons (Fsp3) is 0.182. The maximum atomic E-state index is 12.7. The van der Waals surface area contributed by atoms with Crippen LogP contribution in [0.4, 0.5) is 13.2 Å². The van der Waals surface area contributed by atoms with Gasteiger partial charge >= 0.3 is 17.8 Å². The van der Waals surface area contributed by atoms with E-state index in [-0.39, 0.29) is 18.0 Å². The summed E-state index contributed by atoms with van der Waals surface area (Å²) in [5.41, 5.74) is 0.798. The van der Waals surface area contributed by atoms with Gasteiger partial charge in [-0.1, -0.05) is 12.1 Å². The fourth-order valence-electron chi connectivity index (χ4n) is 3.20. The first-order valence-corrected chi connectivity index (χ1v) is 9.42. The van der Waals surface area contributed by atoms with Gasteiger partial charge in [-0.25, -0.2) is 19.3 Å². The zero-order valence-corrected chi connectivity index (χ0v) is 16.9.